The number of piperazine rings is 1. The van der Waals surface area contributed by atoms with Crippen molar-refractivity contribution in [2.45, 2.75) is 13.2 Å². The van der Waals surface area contributed by atoms with E-state index in [0.717, 1.165) is 42.3 Å². The van der Waals surface area contributed by atoms with Gasteiger partial charge in [0, 0.05) is 49.8 Å². The molecule has 6 nitrogen and oxygen atoms in total. The van der Waals surface area contributed by atoms with Crippen LogP contribution in [0.15, 0.2) is 85.2 Å². The maximum Gasteiger partial charge on any atom is 0.199 e. The molecule has 0 amide bonds. The van der Waals surface area contributed by atoms with E-state index < -0.39 is 0 Å². The molecule has 32 heavy (non-hydrogen) atoms. The predicted molar refractivity (Wildman–Crippen MR) is 130 cm³/mol. The summed E-state index contributed by atoms with van der Waals surface area (Å²) in [6.07, 6.45) is 3.63. The van der Waals surface area contributed by atoms with Gasteiger partial charge in [0.15, 0.2) is 10.6 Å². The lowest BCUT2D eigenvalue weighted by Crippen LogP contribution is -2.47. The van der Waals surface area contributed by atoms with Crippen LogP contribution in [0.3, 0.4) is 0 Å². The molecule has 0 unspecified atom stereocenters. The maximum atomic E-state index is 5.89. The first kappa shape index (κ1) is 20.6. The molecule has 2 aromatic carbocycles. The summed E-state index contributed by atoms with van der Waals surface area (Å²) in [4.78, 5) is 9.14. The number of para-hydroxylation sites is 1. The van der Waals surface area contributed by atoms with E-state index >= 15 is 0 Å². The monoisotopic (exact) mass is 442 g/mol. The molecule has 0 atom stereocenters. The van der Waals surface area contributed by atoms with E-state index in [2.05, 4.69) is 73.9 Å². The standard InChI is InChI=1S/C25H26N6S/c32-25-30(19-21-8-3-1-4-9-21)24(22-10-7-13-26-18-22)27-31(25)20-28-14-16-29(17-15-28)23-11-5-2-6-12-23/h1-13,18H,14-17,19-20H2. The average Bonchev–Trinajstić information content (AvgIpc) is 3.16. The van der Waals surface area contributed by atoms with Crippen molar-refractivity contribution in [3.8, 4) is 11.4 Å². The fourth-order valence-electron chi connectivity index (χ4n) is 4.13. The highest BCUT2D eigenvalue weighted by Crippen LogP contribution is 2.20. The summed E-state index contributed by atoms with van der Waals surface area (Å²) >= 11 is 5.89. The zero-order valence-electron chi connectivity index (χ0n) is 17.9. The van der Waals surface area contributed by atoms with Gasteiger partial charge >= 0.3 is 0 Å². The summed E-state index contributed by atoms with van der Waals surface area (Å²) < 4.78 is 4.80. The molecule has 0 N–H and O–H groups in total. The lowest BCUT2D eigenvalue weighted by molar-refractivity contribution is 0.194. The van der Waals surface area contributed by atoms with Crippen LogP contribution in [-0.4, -0.2) is 50.4 Å². The fraction of sp³-hybridized carbons (Fsp3) is 0.240. The normalized spacial score (nSPS) is 14.6. The Hall–Kier alpha value is -3.29. The first-order valence-corrected chi connectivity index (χ1v) is 11.3. The number of rotatable bonds is 6. The number of aromatic nitrogens is 4. The molecule has 1 fully saturated rings. The van der Waals surface area contributed by atoms with Crippen LogP contribution in [0.25, 0.3) is 11.4 Å². The Morgan fingerprint density at radius 1 is 0.812 bits per heavy atom. The number of anilines is 1. The largest absolute Gasteiger partial charge is 0.369 e. The molecule has 0 saturated carbocycles. The molecule has 1 aliphatic rings. The Balaban J connectivity index is 1.37. The first-order chi connectivity index (χ1) is 15.8. The Morgan fingerprint density at radius 2 is 1.53 bits per heavy atom. The summed E-state index contributed by atoms with van der Waals surface area (Å²) in [6.45, 7) is 5.33. The van der Waals surface area contributed by atoms with Crippen molar-refractivity contribution in [2.24, 2.45) is 0 Å². The van der Waals surface area contributed by atoms with Gasteiger partial charge in [0.25, 0.3) is 0 Å². The molecule has 7 heteroatoms. The minimum atomic E-state index is 0.686. The van der Waals surface area contributed by atoms with Gasteiger partial charge in [0.1, 0.15) is 0 Å². The van der Waals surface area contributed by atoms with E-state index in [1.165, 1.54) is 11.3 Å². The Kier molecular flexibility index (Phi) is 6.09. The fourth-order valence-corrected chi connectivity index (χ4v) is 4.38. The van der Waals surface area contributed by atoms with Crippen molar-refractivity contribution in [3.63, 3.8) is 0 Å². The third-order valence-electron chi connectivity index (χ3n) is 5.85. The SMILES string of the molecule is S=c1n(CN2CCN(c3ccccc3)CC2)nc(-c2cccnc2)n1Cc1ccccc1. The van der Waals surface area contributed by atoms with Gasteiger partial charge in [-0.3, -0.25) is 14.5 Å². The molecule has 162 valence electrons. The van der Waals surface area contributed by atoms with Gasteiger partial charge in [-0.1, -0.05) is 48.5 Å². The van der Waals surface area contributed by atoms with Crippen LogP contribution < -0.4 is 4.90 Å². The van der Waals surface area contributed by atoms with Crippen LogP contribution in [0.2, 0.25) is 0 Å². The van der Waals surface area contributed by atoms with E-state index in [9.17, 15) is 0 Å². The van der Waals surface area contributed by atoms with Crippen molar-refractivity contribution in [1.82, 2.24) is 24.2 Å². The number of nitrogens with zero attached hydrogens (tertiary/aromatic N) is 6. The van der Waals surface area contributed by atoms with Crippen LogP contribution in [0, 0.1) is 4.77 Å². The van der Waals surface area contributed by atoms with Crippen LogP contribution in [0.4, 0.5) is 5.69 Å². The molecule has 0 spiro atoms. The van der Waals surface area contributed by atoms with Crippen LogP contribution in [-0.2, 0) is 13.2 Å². The number of pyridine rings is 1. The predicted octanol–water partition coefficient (Wildman–Crippen LogP) is 4.30. The molecule has 2 aromatic heterocycles. The summed E-state index contributed by atoms with van der Waals surface area (Å²) in [7, 11) is 0. The number of hydrogen-bond donors (Lipinski definition) is 0. The zero-order chi connectivity index (χ0) is 21.8. The van der Waals surface area contributed by atoms with Gasteiger partial charge in [0.2, 0.25) is 0 Å². The molecule has 0 bridgehead atoms. The lowest BCUT2D eigenvalue weighted by atomic mass is 10.2. The second-order valence-corrected chi connectivity index (χ2v) is 8.37. The Morgan fingerprint density at radius 3 is 2.22 bits per heavy atom. The summed E-state index contributed by atoms with van der Waals surface area (Å²) in [5.74, 6) is 0.856. The highest BCUT2D eigenvalue weighted by molar-refractivity contribution is 7.71. The molecule has 4 aromatic rings. The first-order valence-electron chi connectivity index (χ1n) is 10.9. The molecular weight excluding hydrogens is 416 g/mol. The summed E-state index contributed by atoms with van der Waals surface area (Å²) in [5.41, 5.74) is 3.46. The highest BCUT2D eigenvalue weighted by Gasteiger charge is 2.20. The van der Waals surface area contributed by atoms with E-state index in [1.807, 2.05) is 29.1 Å². The topological polar surface area (TPSA) is 42.1 Å². The summed E-state index contributed by atoms with van der Waals surface area (Å²) in [5, 5.41) is 4.93. The number of benzene rings is 2. The second kappa shape index (κ2) is 9.46. The minimum absolute atomic E-state index is 0.686. The maximum absolute atomic E-state index is 5.89. The van der Waals surface area contributed by atoms with Gasteiger partial charge in [-0.05, 0) is 42.0 Å². The van der Waals surface area contributed by atoms with Gasteiger partial charge in [-0.25, -0.2) is 4.68 Å². The molecule has 3 heterocycles. The lowest BCUT2D eigenvalue weighted by Gasteiger charge is -2.35. The van der Waals surface area contributed by atoms with Crippen LogP contribution in [0.1, 0.15) is 5.56 Å². The molecule has 5 rings (SSSR count). The minimum Gasteiger partial charge on any atom is -0.369 e. The van der Waals surface area contributed by atoms with Crippen molar-refractivity contribution in [3.05, 3.63) is 95.5 Å². The molecule has 0 aliphatic carbocycles. The van der Waals surface area contributed by atoms with E-state index in [-0.39, 0.29) is 0 Å². The van der Waals surface area contributed by atoms with E-state index in [1.54, 1.807) is 6.20 Å². The highest BCUT2D eigenvalue weighted by atomic mass is 32.1. The van der Waals surface area contributed by atoms with Crippen LogP contribution >= 0.6 is 12.2 Å². The molecular formula is C25H26N6S. The third-order valence-corrected chi connectivity index (χ3v) is 6.28. The number of hydrogen-bond acceptors (Lipinski definition) is 5. The van der Waals surface area contributed by atoms with Crippen molar-refractivity contribution in [2.75, 3.05) is 31.1 Å². The second-order valence-electron chi connectivity index (χ2n) is 8.00. The Labute approximate surface area is 193 Å². The van der Waals surface area contributed by atoms with Crippen molar-refractivity contribution in [1.29, 1.82) is 0 Å². The van der Waals surface area contributed by atoms with Gasteiger partial charge in [0.05, 0.1) is 13.2 Å². The van der Waals surface area contributed by atoms with Crippen molar-refractivity contribution < 1.29 is 0 Å². The third kappa shape index (κ3) is 4.49. The molecule has 1 aliphatic heterocycles. The van der Waals surface area contributed by atoms with Crippen LogP contribution in [0.5, 0.6) is 0 Å². The summed E-state index contributed by atoms with van der Waals surface area (Å²) in [6, 6.07) is 25.0. The average molecular weight is 443 g/mol. The van der Waals surface area contributed by atoms with Crippen molar-refractivity contribution >= 4 is 17.9 Å². The van der Waals surface area contributed by atoms with Gasteiger partial charge < -0.3 is 4.90 Å². The quantitative estimate of drug-likeness (QED) is 0.417. The smallest absolute Gasteiger partial charge is 0.199 e. The Bertz CT molecular complexity index is 1200. The van der Waals surface area contributed by atoms with E-state index in [4.69, 9.17) is 17.3 Å². The van der Waals surface area contributed by atoms with E-state index in [0.29, 0.717) is 13.2 Å². The van der Waals surface area contributed by atoms with Gasteiger partial charge in [-0.15, -0.1) is 0 Å². The van der Waals surface area contributed by atoms with Gasteiger partial charge in [-0.2, -0.15) is 5.10 Å². The molecule has 1 saturated heterocycles. The zero-order valence-corrected chi connectivity index (χ0v) is 18.7. The molecule has 0 radical (unpaired) electrons.